The molecule has 4 heteroatoms. The van der Waals surface area contributed by atoms with Gasteiger partial charge >= 0.3 is 0 Å². The predicted octanol–water partition coefficient (Wildman–Crippen LogP) is 2.45. The quantitative estimate of drug-likeness (QED) is 0.799. The molecule has 0 aromatic heterocycles. The Morgan fingerprint density at radius 2 is 2.12 bits per heavy atom. The van der Waals surface area contributed by atoms with Gasteiger partial charge in [0.05, 0.1) is 0 Å². The van der Waals surface area contributed by atoms with Crippen LogP contribution in [-0.2, 0) is 0 Å². The molecular weight excluding hydrogens is 226 g/mol. The van der Waals surface area contributed by atoms with E-state index in [9.17, 15) is 9.90 Å². The van der Waals surface area contributed by atoms with Crippen molar-refractivity contribution in [1.29, 1.82) is 0 Å². The standard InChI is InChI=1S/C12H16ClNO2/c1-8-9(5-4-6-10(8)15)11(16)14-12(2,3)7-13/h4-6,15H,7H2,1-3H3,(H,14,16). The number of carbonyl (C=O) groups is 1. The molecule has 1 rings (SSSR count). The second-order valence-electron chi connectivity index (χ2n) is 4.42. The molecule has 0 atom stereocenters. The predicted molar refractivity (Wildman–Crippen MR) is 65.1 cm³/mol. The summed E-state index contributed by atoms with van der Waals surface area (Å²) in [6.45, 7) is 5.39. The van der Waals surface area contributed by atoms with Crippen LogP contribution < -0.4 is 5.32 Å². The van der Waals surface area contributed by atoms with E-state index in [4.69, 9.17) is 11.6 Å². The van der Waals surface area contributed by atoms with Crippen molar-refractivity contribution in [3.05, 3.63) is 29.3 Å². The zero-order valence-electron chi connectivity index (χ0n) is 9.67. The molecule has 0 saturated carbocycles. The van der Waals surface area contributed by atoms with Gasteiger partial charge in [0.25, 0.3) is 5.91 Å². The van der Waals surface area contributed by atoms with Crippen molar-refractivity contribution in [2.75, 3.05) is 5.88 Å². The minimum Gasteiger partial charge on any atom is -0.508 e. The molecule has 0 spiro atoms. The van der Waals surface area contributed by atoms with Crippen LogP contribution in [0.3, 0.4) is 0 Å². The van der Waals surface area contributed by atoms with Crippen LogP contribution in [0.1, 0.15) is 29.8 Å². The molecular formula is C12H16ClNO2. The number of aromatic hydroxyl groups is 1. The maximum atomic E-state index is 11.9. The van der Waals surface area contributed by atoms with Crippen molar-refractivity contribution >= 4 is 17.5 Å². The number of halogens is 1. The highest BCUT2D eigenvalue weighted by atomic mass is 35.5. The van der Waals surface area contributed by atoms with Crippen LogP contribution in [0.4, 0.5) is 0 Å². The fourth-order valence-electron chi connectivity index (χ4n) is 1.28. The van der Waals surface area contributed by atoms with Gasteiger partial charge in [-0.15, -0.1) is 11.6 Å². The summed E-state index contributed by atoms with van der Waals surface area (Å²) >= 11 is 5.73. The Kier molecular flexibility index (Phi) is 3.81. The molecule has 0 saturated heterocycles. The molecule has 0 fully saturated rings. The van der Waals surface area contributed by atoms with E-state index in [1.165, 1.54) is 0 Å². The van der Waals surface area contributed by atoms with Crippen LogP contribution in [0, 0.1) is 6.92 Å². The second kappa shape index (κ2) is 4.74. The van der Waals surface area contributed by atoms with Crippen molar-refractivity contribution in [1.82, 2.24) is 5.32 Å². The molecule has 2 N–H and O–H groups in total. The van der Waals surface area contributed by atoms with Crippen molar-refractivity contribution in [2.45, 2.75) is 26.3 Å². The van der Waals surface area contributed by atoms with E-state index in [0.29, 0.717) is 17.0 Å². The number of rotatable bonds is 3. The average Bonchev–Trinajstić information content (AvgIpc) is 2.21. The van der Waals surface area contributed by atoms with Crippen LogP contribution >= 0.6 is 11.6 Å². The number of amides is 1. The van der Waals surface area contributed by atoms with Gasteiger partial charge in [-0.1, -0.05) is 6.07 Å². The zero-order valence-corrected chi connectivity index (χ0v) is 10.4. The van der Waals surface area contributed by atoms with Crippen molar-refractivity contribution < 1.29 is 9.90 Å². The van der Waals surface area contributed by atoms with Gasteiger partial charge in [-0.3, -0.25) is 4.79 Å². The third-order valence-electron chi connectivity index (χ3n) is 2.34. The van der Waals surface area contributed by atoms with Crippen LogP contribution in [0.5, 0.6) is 5.75 Å². The normalized spacial score (nSPS) is 11.2. The number of hydrogen-bond acceptors (Lipinski definition) is 2. The molecule has 1 aromatic rings. The van der Waals surface area contributed by atoms with Gasteiger partial charge in [-0.2, -0.15) is 0 Å². The topological polar surface area (TPSA) is 49.3 Å². The minimum atomic E-state index is -0.462. The first-order valence-electron chi connectivity index (χ1n) is 5.04. The van der Waals surface area contributed by atoms with Crippen LogP contribution in [0.15, 0.2) is 18.2 Å². The van der Waals surface area contributed by atoms with E-state index in [2.05, 4.69) is 5.32 Å². The second-order valence-corrected chi connectivity index (χ2v) is 4.69. The maximum Gasteiger partial charge on any atom is 0.252 e. The molecule has 1 aromatic carbocycles. The number of hydrogen-bond donors (Lipinski definition) is 2. The molecule has 0 heterocycles. The molecule has 88 valence electrons. The average molecular weight is 242 g/mol. The van der Waals surface area contributed by atoms with Crippen molar-refractivity contribution in [3.63, 3.8) is 0 Å². The third-order valence-corrected chi connectivity index (χ3v) is 3.00. The van der Waals surface area contributed by atoms with Gasteiger partial charge in [0, 0.05) is 22.5 Å². The van der Waals surface area contributed by atoms with Gasteiger partial charge in [0.2, 0.25) is 0 Å². The SMILES string of the molecule is Cc1c(O)cccc1C(=O)NC(C)(C)CCl. The Morgan fingerprint density at radius 3 is 2.69 bits per heavy atom. The molecule has 0 aliphatic rings. The summed E-state index contributed by atoms with van der Waals surface area (Å²) in [6.07, 6.45) is 0. The van der Waals surface area contributed by atoms with Crippen molar-refractivity contribution in [2.24, 2.45) is 0 Å². The number of alkyl halides is 1. The van der Waals surface area contributed by atoms with Crippen molar-refractivity contribution in [3.8, 4) is 5.75 Å². The summed E-state index contributed by atoms with van der Waals surface area (Å²) in [5.41, 5.74) is 0.583. The summed E-state index contributed by atoms with van der Waals surface area (Å²) in [4.78, 5) is 11.9. The first kappa shape index (κ1) is 12.8. The summed E-state index contributed by atoms with van der Waals surface area (Å²) in [5, 5.41) is 12.3. The van der Waals surface area contributed by atoms with Crippen LogP contribution in [0.2, 0.25) is 0 Å². The Balaban J connectivity index is 2.94. The van der Waals surface area contributed by atoms with Gasteiger partial charge in [-0.25, -0.2) is 0 Å². The minimum absolute atomic E-state index is 0.122. The highest BCUT2D eigenvalue weighted by Gasteiger charge is 2.21. The lowest BCUT2D eigenvalue weighted by Gasteiger charge is -2.23. The maximum absolute atomic E-state index is 11.9. The van der Waals surface area contributed by atoms with E-state index >= 15 is 0 Å². The fourth-order valence-corrected chi connectivity index (χ4v) is 1.34. The third kappa shape index (κ3) is 2.89. The lowest BCUT2D eigenvalue weighted by atomic mass is 10.0. The number of benzene rings is 1. The van der Waals surface area contributed by atoms with E-state index < -0.39 is 5.54 Å². The largest absolute Gasteiger partial charge is 0.508 e. The smallest absolute Gasteiger partial charge is 0.252 e. The number of carbonyl (C=O) groups excluding carboxylic acids is 1. The molecule has 0 radical (unpaired) electrons. The first-order valence-corrected chi connectivity index (χ1v) is 5.58. The fraction of sp³-hybridized carbons (Fsp3) is 0.417. The van der Waals surface area contributed by atoms with Crippen LogP contribution in [0.25, 0.3) is 0 Å². The van der Waals surface area contributed by atoms with E-state index in [1.807, 2.05) is 13.8 Å². The Hall–Kier alpha value is -1.22. The first-order chi connectivity index (χ1) is 7.37. The molecule has 3 nitrogen and oxygen atoms in total. The molecule has 0 aliphatic carbocycles. The summed E-state index contributed by atoms with van der Waals surface area (Å²) < 4.78 is 0. The van der Waals surface area contributed by atoms with Gasteiger partial charge in [0.1, 0.15) is 5.75 Å². The molecule has 1 amide bonds. The highest BCUT2D eigenvalue weighted by Crippen LogP contribution is 2.20. The number of phenols is 1. The molecule has 0 unspecified atom stereocenters. The Labute approximate surface area is 100 Å². The van der Waals surface area contributed by atoms with E-state index in [1.54, 1.807) is 25.1 Å². The lowest BCUT2D eigenvalue weighted by molar-refractivity contribution is 0.0919. The lowest BCUT2D eigenvalue weighted by Crippen LogP contribution is -2.45. The van der Waals surface area contributed by atoms with E-state index in [-0.39, 0.29) is 11.7 Å². The van der Waals surface area contributed by atoms with E-state index in [0.717, 1.165) is 0 Å². The van der Waals surface area contributed by atoms with Gasteiger partial charge in [0.15, 0.2) is 0 Å². The van der Waals surface area contributed by atoms with Gasteiger partial charge in [-0.05, 0) is 32.9 Å². The summed E-state index contributed by atoms with van der Waals surface area (Å²) in [6, 6.07) is 4.87. The zero-order chi connectivity index (χ0) is 12.3. The highest BCUT2D eigenvalue weighted by molar-refractivity contribution is 6.18. The number of nitrogens with one attached hydrogen (secondary N) is 1. The molecule has 0 aliphatic heterocycles. The van der Waals surface area contributed by atoms with Crippen LogP contribution in [-0.4, -0.2) is 22.4 Å². The Bertz CT molecular complexity index is 402. The van der Waals surface area contributed by atoms with Gasteiger partial charge < -0.3 is 10.4 Å². The number of phenolic OH excluding ortho intramolecular Hbond substituents is 1. The monoisotopic (exact) mass is 241 g/mol. The Morgan fingerprint density at radius 1 is 1.50 bits per heavy atom. The summed E-state index contributed by atoms with van der Waals surface area (Å²) in [5.74, 6) is 0.228. The molecule has 0 bridgehead atoms. The summed E-state index contributed by atoms with van der Waals surface area (Å²) in [7, 11) is 0. The molecule has 16 heavy (non-hydrogen) atoms.